The molecular formula is C15H22N4S. The standard InChI is InChI=1S/C15H22N4S/c1-11(2)16-9-13-6-5-7-14(8-13)20-10-15-18-17-12(3)19(15)4/h5-8,11,16H,9-10H2,1-4H3. The normalized spacial score (nSPS) is 11.2. The number of nitrogens with one attached hydrogen (secondary N) is 1. The van der Waals surface area contributed by atoms with Gasteiger partial charge in [0.1, 0.15) is 11.6 Å². The monoisotopic (exact) mass is 290 g/mol. The van der Waals surface area contributed by atoms with E-state index in [1.165, 1.54) is 10.5 Å². The topological polar surface area (TPSA) is 42.7 Å². The molecule has 4 nitrogen and oxygen atoms in total. The molecular weight excluding hydrogens is 268 g/mol. The van der Waals surface area contributed by atoms with Crippen LogP contribution in [0.4, 0.5) is 0 Å². The molecule has 0 fully saturated rings. The van der Waals surface area contributed by atoms with Crippen LogP contribution in [0.1, 0.15) is 31.1 Å². The molecule has 0 spiro atoms. The van der Waals surface area contributed by atoms with Crippen molar-refractivity contribution >= 4 is 11.8 Å². The highest BCUT2D eigenvalue weighted by atomic mass is 32.2. The van der Waals surface area contributed by atoms with Gasteiger partial charge in [0.15, 0.2) is 0 Å². The Labute approximate surface area is 125 Å². The number of rotatable bonds is 6. The third-order valence-corrected chi connectivity index (χ3v) is 4.15. The Morgan fingerprint density at radius 2 is 2.10 bits per heavy atom. The summed E-state index contributed by atoms with van der Waals surface area (Å²) in [5.41, 5.74) is 1.32. The van der Waals surface area contributed by atoms with Crippen molar-refractivity contribution in [1.82, 2.24) is 20.1 Å². The Balaban J connectivity index is 1.96. The third kappa shape index (κ3) is 4.08. The van der Waals surface area contributed by atoms with Crippen LogP contribution in [0.3, 0.4) is 0 Å². The minimum atomic E-state index is 0.507. The highest BCUT2D eigenvalue weighted by Gasteiger charge is 2.06. The zero-order valence-corrected chi connectivity index (χ0v) is 13.4. The van der Waals surface area contributed by atoms with E-state index in [1.807, 2.05) is 18.5 Å². The van der Waals surface area contributed by atoms with Crippen molar-refractivity contribution in [1.29, 1.82) is 0 Å². The molecule has 0 bridgehead atoms. The number of hydrogen-bond donors (Lipinski definition) is 1. The molecule has 0 saturated carbocycles. The second-order valence-corrected chi connectivity index (χ2v) is 6.24. The van der Waals surface area contributed by atoms with Gasteiger partial charge in [-0.2, -0.15) is 0 Å². The van der Waals surface area contributed by atoms with Gasteiger partial charge >= 0.3 is 0 Å². The second kappa shape index (κ2) is 6.90. The summed E-state index contributed by atoms with van der Waals surface area (Å²) in [5, 5.41) is 11.7. The SMILES string of the molecule is Cc1nnc(CSc2cccc(CNC(C)C)c2)n1C. The molecule has 5 heteroatoms. The number of hydrogen-bond acceptors (Lipinski definition) is 4. The van der Waals surface area contributed by atoms with Gasteiger partial charge in [0.05, 0.1) is 5.75 Å². The van der Waals surface area contributed by atoms with Gasteiger partial charge in [-0.05, 0) is 24.6 Å². The Morgan fingerprint density at radius 1 is 1.30 bits per heavy atom. The predicted octanol–water partition coefficient (Wildman–Crippen LogP) is 2.91. The number of aromatic nitrogens is 3. The summed E-state index contributed by atoms with van der Waals surface area (Å²) in [4.78, 5) is 1.27. The van der Waals surface area contributed by atoms with E-state index in [2.05, 4.69) is 53.6 Å². The van der Waals surface area contributed by atoms with E-state index < -0.39 is 0 Å². The maximum absolute atomic E-state index is 4.19. The van der Waals surface area contributed by atoms with Gasteiger partial charge in [-0.1, -0.05) is 26.0 Å². The summed E-state index contributed by atoms with van der Waals surface area (Å²) in [6.07, 6.45) is 0. The first kappa shape index (κ1) is 15.1. The van der Waals surface area contributed by atoms with Crippen LogP contribution < -0.4 is 5.32 Å². The van der Waals surface area contributed by atoms with Gasteiger partial charge in [-0.15, -0.1) is 22.0 Å². The second-order valence-electron chi connectivity index (χ2n) is 5.19. The molecule has 2 rings (SSSR count). The van der Waals surface area contributed by atoms with Crippen LogP contribution in [0.2, 0.25) is 0 Å². The van der Waals surface area contributed by atoms with Crippen LogP contribution >= 0.6 is 11.8 Å². The summed E-state index contributed by atoms with van der Waals surface area (Å²) < 4.78 is 2.04. The van der Waals surface area contributed by atoms with Gasteiger partial charge in [-0.3, -0.25) is 0 Å². The number of nitrogens with zero attached hydrogens (tertiary/aromatic N) is 3. The van der Waals surface area contributed by atoms with E-state index in [0.29, 0.717) is 6.04 Å². The van der Waals surface area contributed by atoms with Gasteiger partial charge in [0.25, 0.3) is 0 Å². The van der Waals surface area contributed by atoms with E-state index >= 15 is 0 Å². The molecule has 0 atom stereocenters. The number of aryl methyl sites for hydroxylation is 1. The molecule has 0 aliphatic heterocycles. The fourth-order valence-corrected chi connectivity index (χ4v) is 2.75. The van der Waals surface area contributed by atoms with Crippen LogP contribution in [0.5, 0.6) is 0 Å². The minimum absolute atomic E-state index is 0.507. The lowest BCUT2D eigenvalue weighted by Crippen LogP contribution is -2.21. The van der Waals surface area contributed by atoms with Crippen molar-refractivity contribution in [3.05, 3.63) is 41.5 Å². The Bertz CT molecular complexity index is 563. The quantitative estimate of drug-likeness (QED) is 0.831. The highest BCUT2D eigenvalue weighted by molar-refractivity contribution is 7.98. The lowest BCUT2D eigenvalue weighted by atomic mass is 10.2. The van der Waals surface area contributed by atoms with Crippen molar-refractivity contribution in [3.63, 3.8) is 0 Å². The predicted molar refractivity (Wildman–Crippen MR) is 83.7 cm³/mol. The summed E-state index contributed by atoms with van der Waals surface area (Å²) in [6, 6.07) is 9.16. The smallest absolute Gasteiger partial charge is 0.143 e. The summed E-state index contributed by atoms with van der Waals surface area (Å²) in [5.74, 6) is 2.81. The molecule has 0 radical (unpaired) electrons. The molecule has 20 heavy (non-hydrogen) atoms. The Morgan fingerprint density at radius 3 is 2.75 bits per heavy atom. The average Bonchev–Trinajstić information content (AvgIpc) is 2.75. The Hall–Kier alpha value is -1.33. The van der Waals surface area contributed by atoms with E-state index in [9.17, 15) is 0 Å². The lowest BCUT2D eigenvalue weighted by Gasteiger charge is -2.09. The maximum atomic E-state index is 4.19. The van der Waals surface area contributed by atoms with Crippen LogP contribution in [0, 0.1) is 6.92 Å². The van der Waals surface area contributed by atoms with E-state index in [1.54, 1.807) is 11.8 Å². The molecule has 1 aromatic carbocycles. The first-order valence-corrected chi connectivity index (χ1v) is 7.85. The Kier molecular flexibility index (Phi) is 5.20. The van der Waals surface area contributed by atoms with E-state index in [-0.39, 0.29) is 0 Å². The molecule has 1 aromatic heterocycles. The molecule has 0 unspecified atom stereocenters. The van der Waals surface area contributed by atoms with Gasteiger partial charge < -0.3 is 9.88 Å². The molecule has 108 valence electrons. The summed E-state index contributed by atoms with van der Waals surface area (Å²) >= 11 is 1.80. The van der Waals surface area contributed by atoms with Gasteiger partial charge in [0.2, 0.25) is 0 Å². The van der Waals surface area contributed by atoms with Crippen LogP contribution in [-0.4, -0.2) is 20.8 Å². The minimum Gasteiger partial charge on any atom is -0.318 e. The third-order valence-electron chi connectivity index (χ3n) is 3.16. The molecule has 0 aliphatic rings. The van der Waals surface area contributed by atoms with Crippen molar-refractivity contribution < 1.29 is 0 Å². The first-order chi connectivity index (χ1) is 9.56. The van der Waals surface area contributed by atoms with E-state index in [0.717, 1.165) is 23.9 Å². The molecule has 0 amide bonds. The van der Waals surface area contributed by atoms with Crippen molar-refractivity contribution in [3.8, 4) is 0 Å². The van der Waals surface area contributed by atoms with Crippen molar-refractivity contribution in [2.75, 3.05) is 0 Å². The largest absolute Gasteiger partial charge is 0.318 e. The number of thioether (sulfide) groups is 1. The zero-order valence-electron chi connectivity index (χ0n) is 12.6. The van der Waals surface area contributed by atoms with Crippen molar-refractivity contribution in [2.45, 2.75) is 44.0 Å². The average molecular weight is 290 g/mol. The summed E-state index contributed by atoms with van der Waals surface area (Å²) in [6.45, 7) is 7.21. The number of benzene rings is 1. The van der Waals surface area contributed by atoms with Crippen LogP contribution in [0.15, 0.2) is 29.2 Å². The fraction of sp³-hybridized carbons (Fsp3) is 0.467. The summed E-state index contributed by atoms with van der Waals surface area (Å²) in [7, 11) is 2.01. The first-order valence-electron chi connectivity index (χ1n) is 6.86. The van der Waals surface area contributed by atoms with Crippen molar-refractivity contribution in [2.24, 2.45) is 7.05 Å². The molecule has 1 N–H and O–H groups in total. The van der Waals surface area contributed by atoms with Crippen LogP contribution in [0.25, 0.3) is 0 Å². The highest BCUT2D eigenvalue weighted by Crippen LogP contribution is 2.23. The molecule has 0 aliphatic carbocycles. The zero-order chi connectivity index (χ0) is 14.5. The van der Waals surface area contributed by atoms with Gasteiger partial charge in [0, 0.05) is 24.5 Å². The van der Waals surface area contributed by atoms with Gasteiger partial charge in [-0.25, -0.2) is 0 Å². The van der Waals surface area contributed by atoms with Crippen LogP contribution in [-0.2, 0) is 19.3 Å². The lowest BCUT2D eigenvalue weighted by molar-refractivity contribution is 0.588. The fourth-order valence-electron chi connectivity index (χ4n) is 1.79. The molecule has 0 saturated heterocycles. The molecule has 2 aromatic rings. The van der Waals surface area contributed by atoms with E-state index in [4.69, 9.17) is 0 Å². The molecule has 1 heterocycles. The maximum Gasteiger partial charge on any atom is 0.143 e.